The van der Waals surface area contributed by atoms with Gasteiger partial charge in [-0.15, -0.1) is 11.6 Å². The lowest BCUT2D eigenvalue weighted by molar-refractivity contribution is -0.119. The smallest absolute Gasteiger partial charge is 0.305 e. The monoisotopic (exact) mass is 230 g/mol. The van der Waals surface area contributed by atoms with E-state index in [9.17, 15) is 9.59 Å². The molecule has 0 spiro atoms. The van der Waals surface area contributed by atoms with Gasteiger partial charge in [-0.05, 0) is 0 Å². The van der Waals surface area contributed by atoms with E-state index in [-0.39, 0.29) is 12.3 Å². The third-order valence-electron chi connectivity index (χ3n) is 1.54. The average molecular weight is 231 g/mol. The number of nitrogens with one attached hydrogen (secondary N) is 2. The zero-order valence-corrected chi connectivity index (χ0v) is 8.91. The molecule has 1 rings (SSSR count). The summed E-state index contributed by atoms with van der Waals surface area (Å²) >= 11 is 5.34. The van der Waals surface area contributed by atoms with Crippen LogP contribution in [0.5, 0.6) is 0 Å². The minimum atomic E-state index is -0.585. The van der Waals surface area contributed by atoms with Crippen molar-refractivity contribution in [2.24, 2.45) is 7.05 Å². The van der Waals surface area contributed by atoms with E-state index in [2.05, 4.69) is 15.7 Å². The van der Waals surface area contributed by atoms with Gasteiger partial charge in [0.05, 0.1) is 11.9 Å². The molecule has 0 aliphatic carbocycles. The molecule has 0 saturated heterocycles. The molecule has 1 aromatic rings. The van der Waals surface area contributed by atoms with E-state index < -0.39 is 11.9 Å². The van der Waals surface area contributed by atoms with Crippen molar-refractivity contribution in [3.63, 3.8) is 0 Å². The topological polar surface area (TPSA) is 76.0 Å². The number of amides is 3. The van der Waals surface area contributed by atoms with Crippen LogP contribution in [0.15, 0.2) is 12.4 Å². The molecular weight excluding hydrogens is 220 g/mol. The van der Waals surface area contributed by atoms with Crippen molar-refractivity contribution in [1.82, 2.24) is 15.1 Å². The van der Waals surface area contributed by atoms with Crippen molar-refractivity contribution < 1.29 is 9.59 Å². The predicted octanol–water partition coefficient (Wildman–Crippen LogP) is 0.697. The highest BCUT2D eigenvalue weighted by Gasteiger charge is 2.07. The number of hydrogen-bond acceptors (Lipinski definition) is 3. The zero-order chi connectivity index (χ0) is 11.3. The van der Waals surface area contributed by atoms with Gasteiger partial charge in [-0.3, -0.25) is 14.8 Å². The molecule has 1 heterocycles. The molecular formula is C8H11ClN4O2. The number of alkyl halides is 1. The fourth-order valence-corrected chi connectivity index (χ4v) is 1.09. The first kappa shape index (κ1) is 11.5. The molecule has 15 heavy (non-hydrogen) atoms. The quantitative estimate of drug-likeness (QED) is 0.751. The molecule has 0 bridgehead atoms. The zero-order valence-electron chi connectivity index (χ0n) is 8.16. The second-order valence-electron chi connectivity index (χ2n) is 2.84. The Hall–Kier alpha value is -1.56. The van der Waals surface area contributed by atoms with Crippen LogP contribution >= 0.6 is 11.6 Å². The fourth-order valence-electron chi connectivity index (χ4n) is 0.923. The molecule has 0 radical (unpaired) electrons. The van der Waals surface area contributed by atoms with Crippen molar-refractivity contribution in [3.8, 4) is 0 Å². The second kappa shape index (κ2) is 5.35. The van der Waals surface area contributed by atoms with Gasteiger partial charge in [-0.25, -0.2) is 4.79 Å². The molecule has 0 unspecified atom stereocenters. The van der Waals surface area contributed by atoms with E-state index in [1.54, 1.807) is 13.2 Å². The van der Waals surface area contributed by atoms with Crippen LogP contribution in [0.2, 0.25) is 0 Å². The van der Waals surface area contributed by atoms with Crippen molar-refractivity contribution in [1.29, 1.82) is 0 Å². The summed E-state index contributed by atoms with van der Waals surface area (Å²) in [6.45, 7) is 0. The number of aromatic nitrogens is 2. The molecule has 7 heteroatoms. The highest BCUT2D eigenvalue weighted by Crippen LogP contribution is 2.02. The van der Waals surface area contributed by atoms with Gasteiger partial charge in [0.15, 0.2) is 0 Å². The van der Waals surface area contributed by atoms with Gasteiger partial charge in [0.1, 0.15) is 0 Å². The number of carbonyl (C=O) groups is 2. The summed E-state index contributed by atoms with van der Waals surface area (Å²) in [5.74, 6) is -0.224. The number of anilines is 1. The lowest BCUT2D eigenvalue weighted by Gasteiger charge is -2.02. The first-order valence-electron chi connectivity index (χ1n) is 4.27. The Morgan fingerprint density at radius 3 is 2.87 bits per heavy atom. The minimum absolute atomic E-state index is 0.113. The first-order valence-corrected chi connectivity index (χ1v) is 4.80. The highest BCUT2D eigenvalue weighted by molar-refractivity contribution is 6.19. The number of urea groups is 1. The third kappa shape index (κ3) is 3.99. The summed E-state index contributed by atoms with van der Waals surface area (Å²) in [4.78, 5) is 22.2. The molecule has 0 aromatic carbocycles. The van der Waals surface area contributed by atoms with Crippen LogP contribution < -0.4 is 10.6 Å². The number of nitrogens with zero attached hydrogens (tertiary/aromatic N) is 2. The maximum atomic E-state index is 11.2. The van der Waals surface area contributed by atoms with E-state index in [1.807, 2.05) is 0 Å². The SMILES string of the molecule is Cn1cc(NC(=O)NC(=O)CCCl)cn1. The lowest BCUT2D eigenvalue weighted by Crippen LogP contribution is -2.34. The van der Waals surface area contributed by atoms with Crippen molar-refractivity contribution in [3.05, 3.63) is 12.4 Å². The van der Waals surface area contributed by atoms with E-state index >= 15 is 0 Å². The van der Waals surface area contributed by atoms with E-state index in [0.29, 0.717) is 5.69 Å². The van der Waals surface area contributed by atoms with Gasteiger partial charge in [0.2, 0.25) is 5.91 Å². The Bertz CT molecular complexity index is 363. The maximum absolute atomic E-state index is 11.2. The maximum Gasteiger partial charge on any atom is 0.325 e. The van der Waals surface area contributed by atoms with Gasteiger partial charge in [0, 0.05) is 25.5 Å². The number of halogens is 1. The van der Waals surface area contributed by atoms with Crippen LogP contribution in [-0.4, -0.2) is 27.6 Å². The summed E-state index contributed by atoms with van der Waals surface area (Å²) in [5, 5.41) is 8.44. The molecule has 6 nitrogen and oxygen atoms in total. The van der Waals surface area contributed by atoms with Crippen LogP contribution in [0.1, 0.15) is 6.42 Å². The molecule has 2 N–H and O–H groups in total. The molecule has 3 amide bonds. The normalized spacial score (nSPS) is 9.73. The molecule has 0 aliphatic rings. The first-order chi connectivity index (χ1) is 7.11. The standard InChI is InChI=1S/C8H11ClN4O2/c1-13-5-6(4-10-13)11-8(15)12-7(14)2-3-9/h4-5H,2-3H2,1H3,(H2,11,12,14,15). The summed E-state index contributed by atoms with van der Waals surface area (Å²) in [7, 11) is 1.72. The number of aryl methyl sites for hydroxylation is 1. The molecule has 0 fully saturated rings. The predicted molar refractivity (Wildman–Crippen MR) is 55.7 cm³/mol. The molecule has 0 atom stereocenters. The van der Waals surface area contributed by atoms with E-state index in [0.717, 1.165) is 0 Å². The van der Waals surface area contributed by atoms with E-state index in [4.69, 9.17) is 11.6 Å². The van der Waals surface area contributed by atoms with Crippen LogP contribution in [-0.2, 0) is 11.8 Å². The van der Waals surface area contributed by atoms with Gasteiger partial charge >= 0.3 is 6.03 Å². The van der Waals surface area contributed by atoms with Gasteiger partial charge < -0.3 is 5.32 Å². The number of hydrogen-bond donors (Lipinski definition) is 2. The van der Waals surface area contributed by atoms with Crippen molar-refractivity contribution in [2.45, 2.75) is 6.42 Å². The Kier molecular flexibility index (Phi) is 4.11. The van der Waals surface area contributed by atoms with Crippen molar-refractivity contribution in [2.75, 3.05) is 11.2 Å². The summed E-state index contributed by atoms with van der Waals surface area (Å²) < 4.78 is 1.54. The van der Waals surface area contributed by atoms with Crippen LogP contribution in [0.25, 0.3) is 0 Å². The molecule has 0 saturated carbocycles. The van der Waals surface area contributed by atoms with Gasteiger partial charge in [-0.2, -0.15) is 5.10 Å². The minimum Gasteiger partial charge on any atom is -0.305 e. The Labute approximate surface area is 91.6 Å². The highest BCUT2D eigenvalue weighted by atomic mass is 35.5. The summed E-state index contributed by atoms with van der Waals surface area (Å²) in [5.41, 5.74) is 0.522. The fraction of sp³-hybridized carbons (Fsp3) is 0.375. The molecule has 82 valence electrons. The Balaban J connectivity index is 2.39. The third-order valence-corrected chi connectivity index (χ3v) is 1.73. The van der Waals surface area contributed by atoms with Crippen LogP contribution in [0, 0.1) is 0 Å². The summed E-state index contributed by atoms with van der Waals surface area (Å²) in [6, 6.07) is -0.585. The van der Waals surface area contributed by atoms with Gasteiger partial charge in [0.25, 0.3) is 0 Å². The van der Waals surface area contributed by atoms with Gasteiger partial charge in [-0.1, -0.05) is 0 Å². The lowest BCUT2D eigenvalue weighted by atomic mass is 10.4. The molecule has 1 aromatic heterocycles. The van der Waals surface area contributed by atoms with Crippen LogP contribution in [0.3, 0.4) is 0 Å². The average Bonchev–Trinajstić information content (AvgIpc) is 2.51. The number of imide groups is 1. The van der Waals surface area contributed by atoms with Crippen LogP contribution in [0.4, 0.5) is 10.5 Å². The Morgan fingerprint density at radius 1 is 1.60 bits per heavy atom. The number of carbonyl (C=O) groups excluding carboxylic acids is 2. The second-order valence-corrected chi connectivity index (χ2v) is 3.22. The molecule has 0 aliphatic heterocycles. The van der Waals surface area contributed by atoms with Crippen molar-refractivity contribution >= 4 is 29.2 Å². The van der Waals surface area contributed by atoms with E-state index in [1.165, 1.54) is 10.9 Å². The summed E-state index contributed by atoms with van der Waals surface area (Å²) in [6.07, 6.45) is 3.21. The number of rotatable bonds is 3. The largest absolute Gasteiger partial charge is 0.325 e. The Morgan fingerprint density at radius 2 is 2.33 bits per heavy atom.